The summed E-state index contributed by atoms with van der Waals surface area (Å²) >= 11 is 0. The summed E-state index contributed by atoms with van der Waals surface area (Å²) in [5, 5.41) is 3.47. The van der Waals surface area contributed by atoms with Crippen LogP contribution in [0.15, 0.2) is 12.1 Å². The zero-order valence-electron chi connectivity index (χ0n) is 13.3. The van der Waals surface area contributed by atoms with E-state index in [9.17, 15) is 0 Å². The van der Waals surface area contributed by atoms with Crippen molar-refractivity contribution >= 4 is 0 Å². The average molecular weight is 277 g/mol. The van der Waals surface area contributed by atoms with Crippen LogP contribution in [0, 0.1) is 20.8 Å². The summed E-state index contributed by atoms with van der Waals surface area (Å²) in [4.78, 5) is 0. The minimum atomic E-state index is 0.166. The molecule has 0 spiro atoms. The first-order chi connectivity index (χ1) is 9.56. The molecule has 0 aromatic heterocycles. The van der Waals surface area contributed by atoms with Gasteiger partial charge >= 0.3 is 0 Å². The highest BCUT2D eigenvalue weighted by Gasteiger charge is 2.43. The third-order valence-corrected chi connectivity index (χ3v) is 4.12. The van der Waals surface area contributed by atoms with E-state index in [0.29, 0.717) is 6.04 Å². The van der Waals surface area contributed by atoms with Gasteiger partial charge in [-0.1, -0.05) is 13.0 Å². The zero-order valence-corrected chi connectivity index (χ0v) is 13.3. The molecule has 1 N–H and O–H groups in total. The molecule has 1 saturated carbocycles. The SMILES string of the molecule is CCNC1CC(Oc2cc(C)cc(C)c2C)C1OCC. The lowest BCUT2D eigenvalue weighted by molar-refractivity contribution is -0.104. The van der Waals surface area contributed by atoms with Crippen LogP contribution in [0.3, 0.4) is 0 Å². The molecular formula is C17H27NO2. The molecule has 112 valence electrons. The summed E-state index contributed by atoms with van der Waals surface area (Å²) in [7, 11) is 0. The number of aryl methyl sites for hydroxylation is 2. The first kappa shape index (κ1) is 15.3. The van der Waals surface area contributed by atoms with Gasteiger partial charge < -0.3 is 14.8 Å². The highest BCUT2D eigenvalue weighted by atomic mass is 16.5. The Morgan fingerprint density at radius 1 is 1.20 bits per heavy atom. The van der Waals surface area contributed by atoms with Gasteiger partial charge in [0.1, 0.15) is 18.0 Å². The van der Waals surface area contributed by atoms with Crippen LogP contribution in [0.4, 0.5) is 0 Å². The van der Waals surface area contributed by atoms with E-state index in [2.05, 4.69) is 45.1 Å². The van der Waals surface area contributed by atoms with Gasteiger partial charge in [-0.2, -0.15) is 0 Å². The molecule has 0 radical (unpaired) electrons. The van der Waals surface area contributed by atoms with Crippen molar-refractivity contribution in [2.75, 3.05) is 13.2 Å². The van der Waals surface area contributed by atoms with Gasteiger partial charge in [0.2, 0.25) is 0 Å². The number of rotatable bonds is 6. The fraction of sp³-hybridized carbons (Fsp3) is 0.647. The molecule has 0 heterocycles. The predicted molar refractivity (Wildman–Crippen MR) is 82.6 cm³/mol. The minimum Gasteiger partial charge on any atom is -0.487 e. The molecule has 0 amide bonds. The fourth-order valence-corrected chi connectivity index (χ4v) is 2.86. The van der Waals surface area contributed by atoms with Gasteiger partial charge in [0.05, 0.1) is 0 Å². The third kappa shape index (κ3) is 3.15. The number of ether oxygens (including phenoxy) is 2. The molecule has 0 aliphatic heterocycles. The van der Waals surface area contributed by atoms with E-state index in [1.807, 2.05) is 6.92 Å². The topological polar surface area (TPSA) is 30.5 Å². The number of hydrogen-bond donors (Lipinski definition) is 1. The number of hydrogen-bond acceptors (Lipinski definition) is 3. The zero-order chi connectivity index (χ0) is 14.7. The van der Waals surface area contributed by atoms with Crippen LogP contribution in [0.25, 0.3) is 0 Å². The van der Waals surface area contributed by atoms with E-state index in [0.717, 1.165) is 25.3 Å². The van der Waals surface area contributed by atoms with Crippen molar-refractivity contribution in [3.63, 3.8) is 0 Å². The molecule has 1 aliphatic carbocycles. The molecule has 1 fully saturated rings. The highest BCUT2D eigenvalue weighted by Crippen LogP contribution is 2.32. The molecule has 2 rings (SSSR count). The Bertz CT molecular complexity index is 459. The maximum absolute atomic E-state index is 6.22. The van der Waals surface area contributed by atoms with Crippen LogP contribution in [0.1, 0.15) is 37.0 Å². The summed E-state index contributed by atoms with van der Waals surface area (Å²) in [6.07, 6.45) is 1.35. The lowest BCUT2D eigenvalue weighted by Gasteiger charge is -2.44. The van der Waals surface area contributed by atoms with Gasteiger partial charge in [-0.15, -0.1) is 0 Å². The van der Waals surface area contributed by atoms with Crippen molar-refractivity contribution in [1.29, 1.82) is 0 Å². The monoisotopic (exact) mass is 277 g/mol. The molecule has 3 nitrogen and oxygen atoms in total. The molecule has 1 aromatic carbocycles. The second kappa shape index (κ2) is 6.59. The summed E-state index contributed by atoms with van der Waals surface area (Å²) in [5.41, 5.74) is 3.77. The van der Waals surface area contributed by atoms with Crippen molar-refractivity contribution in [1.82, 2.24) is 5.32 Å². The van der Waals surface area contributed by atoms with Crippen LogP contribution < -0.4 is 10.1 Å². The molecule has 3 heteroatoms. The van der Waals surface area contributed by atoms with Gasteiger partial charge in [-0.05, 0) is 57.0 Å². The van der Waals surface area contributed by atoms with Crippen molar-refractivity contribution in [3.05, 3.63) is 28.8 Å². The maximum atomic E-state index is 6.22. The van der Waals surface area contributed by atoms with Gasteiger partial charge in [-0.3, -0.25) is 0 Å². The van der Waals surface area contributed by atoms with Crippen molar-refractivity contribution in [2.24, 2.45) is 0 Å². The predicted octanol–water partition coefficient (Wildman–Crippen LogP) is 3.15. The van der Waals surface area contributed by atoms with Gasteiger partial charge in [0, 0.05) is 19.1 Å². The van der Waals surface area contributed by atoms with E-state index in [1.165, 1.54) is 16.7 Å². The van der Waals surface area contributed by atoms with Crippen LogP contribution in [0.5, 0.6) is 5.75 Å². The van der Waals surface area contributed by atoms with Crippen molar-refractivity contribution in [2.45, 2.75) is 59.3 Å². The number of nitrogens with one attached hydrogen (secondary N) is 1. The molecule has 0 bridgehead atoms. The van der Waals surface area contributed by atoms with Gasteiger partial charge in [0.15, 0.2) is 0 Å². The second-order valence-corrected chi connectivity index (χ2v) is 5.68. The summed E-state index contributed by atoms with van der Waals surface area (Å²) in [6, 6.07) is 4.76. The van der Waals surface area contributed by atoms with Crippen LogP contribution >= 0.6 is 0 Å². The van der Waals surface area contributed by atoms with E-state index < -0.39 is 0 Å². The molecule has 3 unspecified atom stereocenters. The van der Waals surface area contributed by atoms with Crippen molar-refractivity contribution in [3.8, 4) is 5.75 Å². The minimum absolute atomic E-state index is 0.166. The third-order valence-electron chi connectivity index (χ3n) is 4.12. The van der Waals surface area contributed by atoms with E-state index in [4.69, 9.17) is 9.47 Å². The quantitative estimate of drug-likeness (QED) is 0.866. The molecule has 20 heavy (non-hydrogen) atoms. The Kier molecular flexibility index (Phi) is 5.06. The maximum Gasteiger partial charge on any atom is 0.128 e. The Balaban J connectivity index is 2.07. The number of likely N-dealkylation sites (N-methyl/N-ethyl adjacent to an activating group) is 1. The van der Waals surface area contributed by atoms with E-state index >= 15 is 0 Å². The average Bonchev–Trinajstić information content (AvgIpc) is 2.40. The first-order valence-electron chi connectivity index (χ1n) is 7.66. The first-order valence-corrected chi connectivity index (χ1v) is 7.66. The Morgan fingerprint density at radius 2 is 1.95 bits per heavy atom. The normalized spacial score (nSPS) is 25.4. The fourth-order valence-electron chi connectivity index (χ4n) is 2.86. The van der Waals surface area contributed by atoms with Gasteiger partial charge in [0.25, 0.3) is 0 Å². The molecular weight excluding hydrogens is 250 g/mol. The largest absolute Gasteiger partial charge is 0.487 e. The molecule has 0 saturated heterocycles. The molecule has 1 aliphatic rings. The standard InChI is InChI=1S/C17H27NO2/c1-6-18-14-10-16(17(14)19-7-2)20-15-9-11(3)8-12(4)13(15)5/h8-9,14,16-18H,6-7,10H2,1-5H3. The summed E-state index contributed by atoms with van der Waals surface area (Å²) in [5.74, 6) is 1.01. The van der Waals surface area contributed by atoms with E-state index in [1.54, 1.807) is 0 Å². The summed E-state index contributed by atoms with van der Waals surface area (Å²) in [6.45, 7) is 12.3. The molecule has 1 aromatic rings. The van der Waals surface area contributed by atoms with Crippen molar-refractivity contribution < 1.29 is 9.47 Å². The van der Waals surface area contributed by atoms with Crippen LogP contribution in [-0.2, 0) is 4.74 Å². The highest BCUT2D eigenvalue weighted by molar-refractivity contribution is 5.42. The Labute approximate surface area is 122 Å². The smallest absolute Gasteiger partial charge is 0.128 e. The Morgan fingerprint density at radius 3 is 2.60 bits per heavy atom. The van der Waals surface area contributed by atoms with Crippen LogP contribution in [0.2, 0.25) is 0 Å². The number of benzene rings is 1. The molecule has 3 atom stereocenters. The summed E-state index contributed by atoms with van der Waals surface area (Å²) < 4.78 is 12.1. The van der Waals surface area contributed by atoms with E-state index in [-0.39, 0.29) is 12.2 Å². The van der Waals surface area contributed by atoms with Gasteiger partial charge in [-0.25, -0.2) is 0 Å². The second-order valence-electron chi connectivity index (χ2n) is 5.68. The van der Waals surface area contributed by atoms with Crippen LogP contribution in [-0.4, -0.2) is 31.4 Å². The lowest BCUT2D eigenvalue weighted by atomic mass is 9.85. The lowest BCUT2D eigenvalue weighted by Crippen LogP contribution is -2.61. The Hall–Kier alpha value is -1.06.